The van der Waals surface area contributed by atoms with Gasteiger partial charge in [-0.25, -0.2) is 9.97 Å². The molecule has 120 valence electrons. The zero-order valence-corrected chi connectivity index (χ0v) is 13.4. The van der Waals surface area contributed by atoms with Crippen LogP contribution in [0.25, 0.3) is 17.2 Å². The topological polar surface area (TPSA) is 92.4 Å². The molecule has 4 heterocycles. The number of aliphatic imine (C=N–C) groups is 1. The van der Waals surface area contributed by atoms with E-state index < -0.39 is 0 Å². The number of amidine groups is 1. The number of aromatic nitrogens is 5. The molecule has 0 atom stereocenters. The van der Waals surface area contributed by atoms with Gasteiger partial charge in [0.25, 0.3) is 0 Å². The predicted molar refractivity (Wildman–Crippen MR) is 93.4 cm³/mol. The molecule has 0 bridgehead atoms. The first-order valence-corrected chi connectivity index (χ1v) is 7.60. The molecule has 24 heavy (non-hydrogen) atoms. The van der Waals surface area contributed by atoms with Gasteiger partial charge in [-0.3, -0.25) is 9.39 Å². The highest BCUT2D eigenvalue weighted by Crippen LogP contribution is 2.27. The molecule has 4 rings (SSSR count). The fraction of sp³-hybridized carbons (Fsp3) is 0.188. The molecule has 1 aliphatic heterocycles. The number of nitrogens with zero attached hydrogens (tertiary/aromatic N) is 6. The average molecular weight is 320 g/mol. The Morgan fingerprint density at radius 3 is 2.83 bits per heavy atom. The number of nitrogens with one attached hydrogen (secondary N) is 2. The van der Waals surface area contributed by atoms with Crippen molar-refractivity contribution in [2.75, 3.05) is 24.2 Å². The molecular formula is C16H16N8. The van der Waals surface area contributed by atoms with Crippen molar-refractivity contribution in [2.24, 2.45) is 4.99 Å². The van der Waals surface area contributed by atoms with E-state index in [1.54, 1.807) is 7.05 Å². The second kappa shape index (κ2) is 5.73. The van der Waals surface area contributed by atoms with E-state index in [0.717, 1.165) is 17.2 Å². The molecule has 0 amide bonds. The summed E-state index contributed by atoms with van der Waals surface area (Å²) in [7, 11) is 1.78. The van der Waals surface area contributed by atoms with Gasteiger partial charge in [-0.2, -0.15) is 9.97 Å². The molecule has 1 aliphatic rings. The second-order valence-electron chi connectivity index (χ2n) is 5.27. The van der Waals surface area contributed by atoms with E-state index in [4.69, 9.17) is 0 Å². The predicted octanol–water partition coefficient (Wildman–Crippen LogP) is 1.92. The van der Waals surface area contributed by atoms with Gasteiger partial charge in [0.1, 0.15) is 23.0 Å². The van der Waals surface area contributed by atoms with Crippen molar-refractivity contribution in [1.29, 1.82) is 0 Å². The number of aryl methyl sites for hydroxylation is 1. The first kappa shape index (κ1) is 14.3. The minimum atomic E-state index is 0.521. The van der Waals surface area contributed by atoms with E-state index in [1.807, 2.05) is 47.9 Å². The Bertz CT molecular complexity index is 969. The number of anilines is 2. The summed E-state index contributed by atoms with van der Waals surface area (Å²) in [6.07, 6.45) is 5.86. The zero-order chi connectivity index (χ0) is 16.5. The summed E-state index contributed by atoms with van der Waals surface area (Å²) in [4.78, 5) is 22.3. The summed E-state index contributed by atoms with van der Waals surface area (Å²) < 4.78 is 1.95. The van der Waals surface area contributed by atoms with Gasteiger partial charge >= 0.3 is 0 Å². The lowest BCUT2D eigenvalue weighted by Gasteiger charge is -2.07. The van der Waals surface area contributed by atoms with E-state index in [-0.39, 0.29) is 0 Å². The molecular weight excluding hydrogens is 304 g/mol. The van der Waals surface area contributed by atoms with Crippen LogP contribution < -0.4 is 10.6 Å². The van der Waals surface area contributed by atoms with Crippen LogP contribution in [0.3, 0.4) is 0 Å². The van der Waals surface area contributed by atoms with Gasteiger partial charge in [0.15, 0.2) is 11.6 Å². The molecule has 0 radical (unpaired) electrons. The Kier molecular flexibility index (Phi) is 3.42. The number of hydrogen-bond donors (Lipinski definition) is 2. The lowest BCUT2D eigenvalue weighted by Crippen LogP contribution is -2.10. The Labute approximate surface area is 138 Å². The molecule has 3 aromatic rings. The molecule has 0 unspecified atom stereocenters. The van der Waals surface area contributed by atoms with Gasteiger partial charge in [0, 0.05) is 13.2 Å². The van der Waals surface area contributed by atoms with Crippen LogP contribution in [0.5, 0.6) is 0 Å². The van der Waals surface area contributed by atoms with E-state index >= 15 is 0 Å². The summed E-state index contributed by atoms with van der Waals surface area (Å²) >= 11 is 0. The summed E-state index contributed by atoms with van der Waals surface area (Å²) in [5.74, 6) is 3.15. The number of pyridine rings is 1. The van der Waals surface area contributed by atoms with Crippen LogP contribution in [0.1, 0.15) is 5.82 Å². The minimum Gasteiger partial charge on any atom is -0.357 e. The third kappa shape index (κ3) is 2.47. The molecule has 0 spiro atoms. The van der Waals surface area contributed by atoms with Crippen molar-refractivity contribution >= 4 is 23.2 Å². The maximum absolute atomic E-state index is 4.65. The fourth-order valence-electron chi connectivity index (χ4n) is 2.57. The molecule has 8 nitrogen and oxygen atoms in total. The molecule has 0 aromatic carbocycles. The van der Waals surface area contributed by atoms with Crippen LogP contribution in [0.4, 0.5) is 11.8 Å². The minimum absolute atomic E-state index is 0.521. The van der Waals surface area contributed by atoms with Crippen molar-refractivity contribution in [3.05, 3.63) is 42.4 Å². The Morgan fingerprint density at radius 1 is 1.12 bits per heavy atom. The Balaban J connectivity index is 1.92. The molecule has 0 aliphatic carbocycles. The van der Waals surface area contributed by atoms with Crippen LogP contribution in [-0.2, 0) is 0 Å². The number of imidazole rings is 1. The molecule has 3 aromatic heterocycles. The van der Waals surface area contributed by atoms with Gasteiger partial charge in [-0.15, -0.1) is 0 Å². The summed E-state index contributed by atoms with van der Waals surface area (Å²) in [5.41, 5.74) is 1.58. The molecule has 0 fully saturated rings. The van der Waals surface area contributed by atoms with Crippen molar-refractivity contribution in [3.63, 3.8) is 0 Å². The smallest absolute Gasteiger partial charge is 0.226 e. The molecule has 0 saturated heterocycles. The Morgan fingerprint density at radius 2 is 2.04 bits per heavy atom. The van der Waals surface area contributed by atoms with E-state index in [0.29, 0.717) is 30.0 Å². The highest BCUT2D eigenvalue weighted by Gasteiger charge is 2.19. The van der Waals surface area contributed by atoms with Gasteiger partial charge < -0.3 is 10.6 Å². The van der Waals surface area contributed by atoms with Crippen LogP contribution in [0.15, 0.2) is 41.5 Å². The molecule has 0 saturated carbocycles. The van der Waals surface area contributed by atoms with Crippen LogP contribution >= 0.6 is 0 Å². The van der Waals surface area contributed by atoms with Gasteiger partial charge in [-0.1, -0.05) is 12.1 Å². The quantitative estimate of drug-likeness (QED) is 0.766. The summed E-state index contributed by atoms with van der Waals surface area (Å²) in [5, 5.41) is 6.23. The second-order valence-corrected chi connectivity index (χ2v) is 5.27. The highest BCUT2D eigenvalue weighted by molar-refractivity contribution is 6.06. The molecule has 2 N–H and O–H groups in total. The van der Waals surface area contributed by atoms with Gasteiger partial charge in [0.05, 0.1) is 6.54 Å². The van der Waals surface area contributed by atoms with Gasteiger partial charge in [-0.05, 0) is 25.1 Å². The SMILES string of the molecule is CNc1nc(C)nc(-c2c(NC3=NCC=C3)nc3ccccn23)n1. The van der Waals surface area contributed by atoms with Crippen LogP contribution in [0, 0.1) is 6.92 Å². The number of rotatable bonds is 3. The lowest BCUT2D eigenvalue weighted by molar-refractivity contribution is 0.973. The van der Waals surface area contributed by atoms with E-state index in [2.05, 4.69) is 35.6 Å². The first-order valence-electron chi connectivity index (χ1n) is 7.60. The van der Waals surface area contributed by atoms with Crippen LogP contribution in [0.2, 0.25) is 0 Å². The van der Waals surface area contributed by atoms with Gasteiger partial charge in [0.2, 0.25) is 5.95 Å². The average Bonchev–Trinajstić information content (AvgIpc) is 3.21. The van der Waals surface area contributed by atoms with Crippen molar-refractivity contribution in [1.82, 2.24) is 24.3 Å². The monoisotopic (exact) mass is 320 g/mol. The lowest BCUT2D eigenvalue weighted by atomic mass is 10.3. The van der Waals surface area contributed by atoms with E-state index in [1.165, 1.54) is 0 Å². The largest absolute Gasteiger partial charge is 0.357 e. The zero-order valence-electron chi connectivity index (χ0n) is 13.4. The normalized spacial score (nSPS) is 13.3. The summed E-state index contributed by atoms with van der Waals surface area (Å²) in [6.45, 7) is 2.52. The highest BCUT2D eigenvalue weighted by atomic mass is 15.2. The molecule has 8 heteroatoms. The first-order chi connectivity index (χ1) is 11.7. The standard InChI is InChI=1S/C16H16N8/c1-10-19-14(23-16(17-2)20-10)13-15(21-11-6-5-8-18-11)22-12-7-3-4-9-24(12)13/h3-7,9H,8H2,1-2H3,(H,18,21)(H,17,19,20,23). The van der Waals surface area contributed by atoms with Crippen molar-refractivity contribution in [3.8, 4) is 11.5 Å². The summed E-state index contributed by atoms with van der Waals surface area (Å²) in [6, 6.07) is 5.83. The van der Waals surface area contributed by atoms with Crippen molar-refractivity contribution in [2.45, 2.75) is 6.92 Å². The third-order valence-corrected chi connectivity index (χ3v) is 3.60. The number of fused-ring (bicyclic) bond motifs is 1. The third-order valence-electron chi connectivity index (χ3n) is 3.60. The maximum Gasteiger partial charge on any atom is 0.226 e. The van der Waals surface area contributed by atoms with E-state index in [9.17, 15) is 0 Å². The fourth-order valence-corrected chi connectivity index (χ4v) is 2.57. The van der Waals surface area contributed by atoms with Crippen molar-refractivity contribution < 1.29 is 0 Å². The number of hydrogen-bond acceptors (Lipinski definition) is 7. The maximum atomic E-state index is 4.65. The van der Waals surface area contributed by atoms with Crippen LogP contribution in [-0.4, -0.2) is 43.8 Å². The Hall–Kier alpha value is -3.29.